The second-order valence-electron chi connectivity index (χ2n) is 9.48. The van der Waals surface area contributed by atoms with Crippen molar-refractivity contribution in [2.75, 3.05) is 0 Å². The summed E-state index contributed by atoms with van der Waals surface area (Å²) in [6, 6.07) is 11.7. The molecule has 0 spiro atoms. The molecule has 204 valence electrons. The maximum atomic E-state index is 13.3. The normalized spacial score (nSPS) is 11.8. The SMILES string of the molecule is CC[CH2][Sn]([CH2]CC)([O]C(=O)Cc1ccc(F)cc1)[O][Sn]([CH2]CC)([CH2]CC)[O]C(=O)Cc1ccc(F)cc1. The van der Waals surface area contributed by atoms with Gasteiger partial charge in [0.15, 0.2) is 0 Å². The Morgan fingerprint density at radius 2 is 0.892 bits per heavy atom. The summed E-state index contributed by atoms with van der Waals surface area (Å²) in [5.41, 5.74) is 1.37. The molecule has 0 aliphatic rings. The van der Waals surface area contributed by atoms with Crippen LogP contribution in [0.25, 0.3) is 0 Å². The summed E-state index contributed by atoms with van der Waals surface area (Å²) >= 11 is -8.03. The Labute approximate surface area is 230 Å². The van der Waals surface area contributed by atoms with E-state index in [4.69, 9.17) is 7.56 Å². The number of carbonyl (C=O) groups is 2. The molecular weight excluding hydrogens is 692 g/mol. The number of carbonyl (C=O) groups excluding carboxylic acids is 2. The average molecular weight is 732 g/mol. The van der Waals surface area contributed by atoms with Gasteiger partial charge in [-0.15, -0.1) is 0 Å². The van der Waals surface area contributed by atoms with Crippen LogP contribution in [0, 0.1) is 11.6 Å². The van der Waals surface area contributed by atoms with Gasteiger partial charge >= 0.3 is 232 Å². The van der Waals surface area contributed by atoms with Crippen molar-refractivity contribution in [3.05, 3.63) is 71.3 Å². The van der Waals surface area contributed by atoms with Gasteiger partial charge in [-0.1, -0.05) is 0 Å². The summed E-state index contributed by atoms with van der Waals surface area (Å²) in [6.45, 7) is 8.21. The molecule has 0 radical (unpaired) electrons. The fraction of sp³-hybridized carbons (Fsp3) is 0.500. The Morgan fingerprint density at radius 1 is 0.595 bits per heavy atom. The third-order valence-electron chi connectivity index (χ3n) is 6.02. The van der Waals surface area contributed by atoms with Crippen molar-refractivity contribution >= 4 is 50.3 Å². The van der Waals surface area contributed by atoms with Gasteiger partial charge < -0.3 is 0 Å². The summed E-state index contributed by atoms with van der Waals surface area (Å²) in [4.78, 5) is 26.2. The summed E-state index contributed by atoms with van der Waals surface area (Å²) in [5.74, 6) is -1.44. The first-order valence-corrected chi connectivity index (χ1v) is 26.0. The second kappa shape index (κ2) is 16.0. The topological polar surface area (TPSA) is 61.8 Å². The molecule has 2 aromatic carbocycles. The van der Waals surface area contributed by atoms with Crippen molar-refractivity contribution in [3.8, 4) is 0 Å². The maximum absolute atomic E-state index is 13.3. The zero-order valence-corrected chi connectivity index (χ0v) is 28.2. The number of rotatable bonds is 16. The quantitative estimate of drug-likeness (QED) is 0.169. The van der Waals surface area contributed by atoms with E-state index in [0.717, 1.165) is 25.7 Å². The third kappa shape index (κ3) is 10.8. The van der Waals surface area contributed by atoms with Crippen LogP contribution >= 0.6 is 0 Å². The van der Waals surface area contributed by atoms with Gasteiger partial charge in [0.2, 0.25) is 0 Å². The van der Waals surface area contributed by atoms with Crippen LogP contribution in [-0.2, 0) is 30.0 Å². The number of benzene rings is 2. The van der Waals surface area contributed by atoms with Crippen LogP contribution in [0.4, 0.5) is 8.78 Å². The molecule has 0 saturated carbocycles. The number of halogens is 2. The van der Waals surface area contributed by atoms with Gasteiger partial charge in [0, 0.05) is 0 Å². The van der Waals surface area contributed by atoms with Crippen LogP contribution in [0.3, 0.4) is 0 Å². The Kier molecular flexibility index (Phi) is 13.9. The first-order chi connectivity index (χ1) is 17.7. The van der Waals surface area contributed by atoms with E-state index < -0.39 is 38.4 Å². The van der Waals surface area contributed by atoms with Gasteiger partial charge in [0.1, 0.15) is 0 Å². The van der Waals surface area contributed by atoms with Crippen molar-refractivity contribution in [2.24, 2.45) is 0 Å². The van der Waals surface area contributed by atoms with E-state index in [2.05, 4.69) is 27.7 Å². The molecule has 0 aliphatic carbocycles. The summed E-state index contributed by atoms with van der Waals surface area (Å²) in [7, 11) is 0. The van der Waals surface area contributed by atoms with Crippen LogP contribution < -0.4 is 0 Å². The third-order valence-corrected chi connectivity index (χ3v) is 40.2. The molecule has 37 heavy (non-hydrogen) atoms. The minimum atomic E-state index is -4.02. The zero-order chi connectivity index (χ0) is 27.3. The van der Waals surface area contributed by atoms with Crippen LogP contribution in [0.2, 0.25) is 17.7 Å². The summed E-state index contributed by atoms with van der Waals surface area (Å²) in [5, 5.41) is 0. The van der Waals surface area contributed by atoms with Gasteiger partial charge in [-0.2, -0.15) is 0 Å². The van der Waals surface area contributed by atoms with E-state index in [-0.39, 0.29) is 36.4 Å². The fourth-order valence-electron chi connectivity index (χ4n) is 4.59. The predicted molar refractivity (Wildman–Crippen MR) is 145 cm³/mol. The van der Waals surface area contributed by atoms with Gasteiger partial charge in [-0.25, -0.2) is 0 Å². The molecule has 0 fully saturated rings. The van der Waals surface area contributed by atoms with Gasteiger partial charge in [0.25, 0.3) is 0 Å². The Balaban J connectivity index is 2.30. The molecule has 0 atom stereocenters. The van der Waals surface area contributed by atoms with Crippen molar-refractivity contribution in [1.29, 1.82) is 0 Å². The van der Waals surface area contributed by atoms with Crippen LogP contribution in [-0.4, -0.2) is 50.3 Å². The average Bonchev–Trinajstić information content (AvgIpc) is 2.82. The molecule has 0 unspecified atom stereocenters. The van der Waals surface area contributed by atoms with Crippen LogP contribution in [0.15, 0.2) is 48.5 Å². The van der Waals surface area contributed by atoms with Crippen LogP contribution in [0.1, 0.15) is 64.5 Å². The van der Waals surface area contributed by atoms with E-state index in [9.17, 15) is 18.4 Å². The molecule has 0 aromatic heterocycles. The van der Waals surface area contributed by atoms with Crippen molar-refractivity contribution < 1.29 is 25.9 Å². The molecule has 0 amide bonds. The predicted octanol–water partition coefficient (Wildman–Crippen LogP) is 7.38. The van der Waals surface area contributed by atoms with E-state index in [1.54, 1.807) is 24.3 Å². The summed E-state index contributed by atoms with van der Waals surface area (Å²) < 4.78 is 49.0. The van der Waals surface area contributed by atoms with Gasteiger partial charge in [0.05, 0.1) is 0 Å². The van der Waals surface area contributed by atoms with Crippen molar-refractivity contribution in [3.63, 3.8) is 0 Å². The van der Waals surface area contributed by atoms with E-state index in [1.807, 2.05) is 0 Å². The standard InChI is InChI=1S/2C8H7FO2.4C3H7.O.2Sn/c2*9-7-3-1-6(2-4-7)5-8(10)11;4*1-3-2;;;/h2*1-4H,5H2,(H,10,11);4*1,3H2,2H3;;;/q;;;;;;;2*+1/p-2. The Morgan fingerprint density at radius 3 is 1.16 bits per heavy atom. The molecule has 5 nitrogen and oxygen atoms in total. The van der Waals surface area contributed by atoms with Gasteiger partial charge in [-0.05, 0) is 0 Å². The molecule has 2 aromatic rings. The molecule has 0 bridgehead atoms. The molecule has 0 aliphatic heterocycles. The first-order valence-electron chi connectivity index (χ1n) is 13.3. The first kappa shape index (κ1) is 32.0. The van der Waals surface area contributed by atoms with Crippen molar-refractivity contribution in [1.82, 2.24) is 0 Å². The molecule has 2 rings (SSSR count). The minimum absolute atomic E-state index is 0.0458. The monoisotopic (exact) mass is 734 g/mol. The Bertz CT molecular complexity index is 892. The fourth-order valence-corrected chi connectivity index (χ4v) is 44.4. The van der Waals surface area contributed by atoms with Crippen LogP contribution in [0.5, 0.6) is 0 Å². The second-order valence-corrected chi connectivity index (χ2v) is 31.2. The summed E-state index contributed by atoms with van der Waals surface area (Å²) in [6.07, 6.45) is 3.33. The molecular formula is C28H40F2O5Sn2. The van der Waals surface area contributed by atoms with E-state index in [0.29, 0.717) is 28.9 Å². The van der Waals surface area contributed by atoms with E-state index >= 15 is 0 Å². The molecule has 0 saturated heterocycles. The number of hydrogen-bond acceptors (Lipinski definition) is 5. The van der Waals surface area contributed by atoms with Crippen molar-refractivity contribution in [2.45, 2.75) is 84.0 Å². The molecule has 0 N–H and O–H groups in total. The number of hydrogen-bond donors (Lipinski definition) is 0. The zero-order valence-electron chi connectivity index (χ0n) is 22.5. The Hall–Kier alpha value is -1.20. The molecule has 9 heteroatoms. The van der Waals surface area contributed by atoms with Gasteiger partial charge in [-0.3, -0.25) is 0 Å². The van der Waals surface area contributed by atoms with E-state index in [1.165, 1.54) is 24.3 Å². The molecule has 0 heterocycles.